The molecule has 3 nitrogen and oxygen atoms in total. The summed E-state index contributed by atoms with van der Waals surface area (Å²) in [5.74, 6) is 0. The van der Waals surface area contributed by atoms with Gasteiger partial charge >= 0.3 is 0 Å². The van der Waals surface area contributed by atoms with Crippen molar-refractivity contribution in [3.05, 3.63) is 0 Å². The molecule has 3 heteroatoms. The smallest absolute Gasteiger partial charge is 0.0819 e. The van der Waals surface area contributed by atoms with Gasteiger partial charge in [0.25, 0.3) is 0 Å². The second-order valence-electron chi connectivity index (χ2n) is 4.32. The zero-order valence-corrected chi connectivity index (χ0v) is 8.16. The summed E-state index contributed by atoms with van der Waals surface area (Å²) < 4.78 is 10.9. The van der Waals surface area contributed by atoms with Crippen molar-refractivity contribution in [1.29, 1.82) is 0 Å². The van der Waals surface area contributed by atoms with Crippen molar-refractivity contribution in [2.45, 2.75) is 37.9 Å². The van der Waals surface area contributed by atoms with Gasteiger partial charge < -0.3 is 14.6 Å². The third-order valence-corrected chi connectivity index (χ3v) is 3.48. The molecule has 1 N–H and O–H groups in total. The van der Waals surface area contributed by atoms with Gasteiger partial charge in [0, 0.05) is 12.5 Å². The van der Waals surface area contributed by atoms with Gasteiger partial charge in [0.15, 0.2) is 0 Å². The van der Waals surface area contributed by atoms with Crippen molar-refractivity contribution in [3.8, 4) is 0 Å². The van der Waals surface area contributed by atoms with Gasteiger partial charge in [-0.25, -0.2) is 0 Å². The van der Waals surface area contributed by atoms with Crippen LogP contribution in [0.5, 0.6) is 0 Å². The molecule has 0 aromatic rings. The third-order valence-electron chi connectivity index (χ3n) is 3.48. The summed E-state index contributed by atoms with van der Waals surface area (Å²) >= 11 is 0. The van der Waals surface area contributed by atoms with Gasteiger partial charge in [0.05, 0.1) is 25.4 Å². The molecule has 3 unspecified atom stereocenters. The van der Waals surface area contributed by atoms with E-state index in [1.165, 1.54) is 6.42 Å². The first-order valence-corrected chi connectivity index (χ1v) is 5.06. The topological polar surface area (TPSA) is 38.7 Å². The van der Waals surface area contributed by atoms with Crippen molar-refractivity contribution in [2.24, 2.45) is 5.41 Å². The predicted octanol–water partition coefficient (Wildman–Crippen LogP) is 0.953. The van der Waals surface area contributed by atoms with Gasteiger partial charge in [-0.2, -0.15) is 0 Å². The van der Waals surface area contributed by atoms with Crippen molar-refractivity contribution in [1.82, 2.24) is 0 Å². The second kappa shape index (κ2) is 3.56. The molecule has 0 aromatic carbocycles. The average Bonchev–Trinajstić information content (AvgIpc) is 2.61. The zero-order chi connectivity index (χ0) is 9.31. The van der Waals surface area contributed by atoms with Crippen LogP contribution in [0.4, 0.5) is 0 Å². The molecule has 0 bridgehead atoms. The summed E-state index contributed by atoms with van der Waals surface area (Å²) in [6.45, 7) is 0.941. The van der Waals surface area contributed by atoms with E-state index < -0.39 is 0 Å². The van der Waals surface area contributed by atoms with Crippen LogP contribution in [0.3, 0.4) is 0 Å². The minimum Gasteiger partial charge on any atom is -0.396 e. The van der Waals surface area contributed by atoms with E-state index in [1.54, 1.807) is 7.11 Å². The number of rotatable bonds is 3. The minimum atomic E-state index is 0.0726. The maximum Gasteiger partial charge on any atom is 0.0819 e. The summed E-state index contributed by atoms with van der Waals surface area (Å²) in [4.78, 5) is 0. The van der Waals surface area contributed by atoms with Crippen LogP contribution in [0.2, 0.25) is 0 Å². The number of hydrogen-bond acceptors (Lipinski definition) is 3. The van der Waals surface area contributed by atoms with Crippen molar-refractivity contribution in [3.63, 3.8) is 0 Å². The molecule has 2 rings (SSSR count). The average molecular weight is 186 g/mol. The number of ether oxygens (including phenoxy) is 2. The molecule has 1 heterocycles. The highest BCUT2D eigenvalue weighted by Crippen LogP contribution is 2.49. The van der Waals surface area contributed by atoms with E-state index >= 15 is 0 Å². The number of methoxy groups -OCH3 is 1. The maximum atomic E-state index is 9.39. The first kappa shape index (κ1) is 9.44. The summed E-state index contributed by atoms with van der Waals surface area (Å²) in [5, 5.41) is 9.39. The lowest BCUT2D eigenvalue weighted by atomic mass is 9.82. The highest BCUT2D eigenvalue weighted by Gasteiger charge is 2.50. The van der Waals surface area contributed by atoms with E-state index in [0.717, 1.165) is 19.3 Å². The van der Waals surface area contributed by atoms with Crippen LogP contribution in [0.25, 0.3) is 0 Å². The first-order valence-electron chi connectivity index (χ1n) is 5.06. The summed E-state index contributed by atoms with van der Waals surface area (Å²) in [6.07, 6.45) is 4.90. The predicted molar refractivity (Wildman–Crippen MR) is 48.5 cm³/mol. The summed E-state index contributed by atoms with van der Waals surface area (Å²) in [7, 11) is 1.70. The van der Waals surface area contributed by atoms with Crippen LogP contribution < -0.4 is 0 Å². The fourth-order valence-corrected chi connectivity index (χ4v) is 2.82. The number of aliphatic hydroxyl groups is 1. The Labute approximate surface area is 79.0 Å². The lowest BCUT2D eigenvalue weighted by Gasteiger charge is -2.24. The van der Waals surface area contributed by atoms with E-state index in [4.69, 9.17) is 9.47 Å². The van der Waals surface area contributed by atoms with Gasteiger partial charge in [0.2, 0.25) is 0 Å². The molecule has 0 amide bonds. The van der Waals surface area contributed by atoms with E-state index in [1.807, 2.05) is 0 Å². The van der Waals surface area contributed by atoms with Crippen LogP contribution in [0.15, 0.2) is 0 Å². The minimum absolute atomic E-state index is 0.0726. The van der Waals surface area contributed by atoms with Gasteiger partial charge in [-0.05, 0) is 19.3 Å². The van der Waals surface area contributed by atoms with Crippen molar-refractivity contribution in [2.75, 3.05) is 20.3 Å². The summed E-state index contributed by atoms with van der Waals surface area (Å²) in [5.41, 5.74) is 0.0726. The second-order valence-corrected chi connectivity index (χ2v) is 4.32. The quantitative estimate of drug-likeness (QED) is 0.713. The van der Waals surface area contributed by atoms with Crippen LogP contribution in [-0.4, -0.2) is 37.6 Å². The van der Waals surface area contributed by atoms with Gasteiger partial charge in [-0.3, -0.25) is 0 Å². The van der Waals surface area contributed by atoms with Crippen molar-refractivity contribution < 1.29 is 14.6 Å². The molecule has 0 spiro atoms. The molecule has 1 saturated carbocycles. The Morgan fingerprint density at radius 2 is 2.46 bits per heavy atom. The summed E-state index contributed by atoms with van der Waals surface area (Å²) in [6, 6.07) is 0. The molecule has 1 aliphatic carbocycles. The van der Waals surface area contributed by atoms with Gasteiger partial charge in [0.1, 0.15) is 0 Å². The molecule has 3 atom stereocenters. The Morgan fingerprint density at radius 1 is 1.62 bits per heavy atom. The van der Waals surface area contributed by atoms with E-state index in [2.05, 4.69) is 0 Å². The Kier molecular flexibility index (Phi) is 2.58. The molecule has 0 aromatic heterocycles. The SMILES string of the molecule is COCC1CC2(CO)CCCC2O1. The lowest BCUT2D eigenvalue weighted by Crippen LogP contribution is -2.28. The van der Waals surface area contributed by atoms with Gasteiger partial charge in [-0.1, -0.05) is 6.42 Å². The molecule has 1 aliphatic heterocycles. The lowest BCUT2D eigenvalue weighted by molar-refractivity contribution is -0.0173. The fraction of sp³-hybridized carbons (Fsp3) is 1.00. The van der Waals surface area contributed by atoms with Crippen LogP contribution in [-0.2, 0) is 9.47 Å². The van der Waals surface area contributed by atoms with E-state index in [-0.39, 0.29) is 24.2 Å². The molecule has 13 heavy (non-hydrogen) atoms. The molecule has 76 valence electrons. The molecular weight excluding hydrogens is 168 g/mol. The van der Waals surface area contributed by atoms with E-state index in [0.29, 0.717) is 6.61 Å². The molecule has 1 saturated heterocycles. The van der Waals surface area contributed by atoms with Crippen molar-refractivity contribution >= 4 is 0 Å². The van der Waals surface area contributed by atoms with Crippen LogP contribution in [0, 0.1) is 5.41 Å². The largest absolute Gasteiger partial charge is 0.396 e. The number of fused-ring (bicyclic) bond motifs is 1. The number of hydrogen-bond donors (Lipinski definition) is 1. The molecule has 0 radical (unpaired) electrons. The van der Waals surface area contributed by atoms with E-state index in [9.17, 15) is 5.11 Å². The monoisotopic (exact) mass is 186 g/mol. The van der Waals surface area contributed by atoms with Gasteiger partial charge in [-0.15, -0.1) is 0 Å². The fourth-order valence-electron chi connectivity index (χ4n) is 2.82. The molecule has 2 fully saturated rings. The Hall–Kier alpha value is -0.120. The Morgan fingerprint density at radius 3 is 3.08 bits per heavy atom. The maximum absolute atomic E-state index is 9.39. The highest BCUT2D eigenvalue weighted by molar-refractivity contribution is 4.99. The first-order chi connectivity index (χ1) is 6.30. The van der Waals surface area contributed by atoms with Crippen LogP contribution in [0.1, 0.15) is 25.7 Å². The standard InChI is InChI=1S/C10H18O3/c1-12-6-8-5-10(7-11)4-2-3-9(10)13-8/h8-9,11H,2-7H2,1H3. The molecular formula is C10H18O3. The Balaban J connectivity index is 2.00. The third kappa shape index (κ3) is 1.49. The normalized spacial score (nSPS) is 43.8. The number of aliphatic hydroxyl groups excluding tert-OH is 1. The van der Waals surface area contributed by atoms with Crippen LogP contribution >= 0.6 is 0 Å². The Bertz CT molecular complexity index is 183. The zero-order valence-electron chi connectivity index (χ0n) is 8.16. The molecule has 2 aliphatic rings. The highest BCUT2D eigenvalue weighted by atomic mass is 16.5.